The molecule has 0 saturated heterocycles. The van der Waals surface area contributed by atoms with Crippen LogP contribution in [-0.4, -0.2) is 31.4 Å². The molecule has 0 aromatic rings. The van der Waals surface area contributed by atoms with Crippen molar-refractivity contribution in [3.8, 4) is 0 Å². The second kappa shape index (κ2) is 7.78. The smallest absolute Gasteiger partial charge is 0.305 e. The van der Waals surface area contributed by atoms with Crippen molar-refractivity contribution in [3.05, 3.63) is 6.42 Å². The molecular weight excluding hydrogens is 200 g/mol. The lowest BCUT2D eigenvalue weighted by Gasteiger charge is -2.03. The van der Waals surface area contributed by atoms with Gasteiger partial charge in [-0.15, -0.1) is 0 Å². The van der Waals surface area contributed by atoms with Crippen LogP contribution in [0.4, 0.5) is 0 Å². The van der Waals surface area contributed by atoms with Crippen LogP contribution < -0.4 is 11.1 Å². The Balaban J connectivity index is 3.39. The van der Waals surface area contributed by atoms with E-state index in [-0.39, 0.29) is 37.7 Å². The van der Waals surface area contributed by atoms with Gasteiger partial charge < -0.3 is 15.8 Å². The number of nitrogens with two attached hydrogens (primary N) is 1. The van der Waals surface area contributed by atoms with E-state index < -0.39 is 5.91 Å². The minimum atomic E-state index is -0.510. The van der Waals surface area contributed by atoms with Gasteiger partial charge in [0.05, 0.1) is 13.5 Å². The Morgan fingerprint density at radius 2 is 2.00 bits per heavy atom. The van der Waals surface area contributed by atoms with Gasteiger partial charge in [-0.1, -0.05) is 0 Å². The fourth-order valence-corrected chi connectivity index (χ4v) is 0.784. The maximum Gasteiger partial charge on any atom is 0.305 e. The Labute approximate surface area is 88.1 Å². The SMILES string of the molecule is COC(=O)C[CH]CNC(=O)CCC(N)=O. The zero-order chi connectivity index (χ0) is 11.7. The summed E-state index contributed by atoms with van der Waals surface area (Å²) in [6, 6.07) is 0. The first kappa shape index (κ1) is 13.4. The summed E-state index contributed by atoms with van der Waals surface area (Å²) in [4.78, 5) is 32.0. The van der Waals surface area contributed by atoms with Crippen molar-refractivity contribution in [1.29, 1.82) is 0 Å². The number of carbonyl (C=O) groups is 3. The van der Waals surface area contributed by atoms with E-state index in [1.807, 2.05) is 0 Å². The second-order valence-corrected chi connectivity index (χ2v) is 2.84. The van der Waals surface area contributed by atoms with Gasteiger partial charge in [0.25, 0.3) is 0 Å². The first-order valence-electron chi connectivity index (χ1n) is 4.49. The highest BCUT2D eigenvalue weighted by atomic mass is 16.5. The molecule has 0 aliphatic heterocycles. The number of carbonyl (C=O) groups excluding carboxylic acids is 3. The van der Waals surface area contributed by atoms with Crippen LogP contribution in [0.2, 0.25) is 0 Å². The molecule has 0 aromatic carbocycles. The molecule has 85 valence electrons. The normalized spacial score (nSPS) is 9.40. The lowest BCUT2D eigenvalue weighted by molar-refractivity contribution is -0.140. The Hall–Kier alpha value is -1.59. The van der Waals surface area contributed by atoms with Gasteiger partial charge in [-0.3, -0.25) is 14.4 Å². The number of methoxy groups -OCH3 is 1. The Bertz CT molecular complexity index is 240. The lowest BCUT2D eigenvalue weighted by Crippen LogP contribution is -2.26. The van der Waals surface area contributed by atoms with E-state index in [1.165, 1.54) is 7.11 Å². The van der Waals surface area contributed by atoms with Crippen LogP contribution in [0.25, 0.3) is 0 Å². The van der Waals surface area contributed by atoms with Gasteiger partial charge in [-0.05, 0) is 6.42 Å². The molecule has 2 amide bonds. The highest BCUT2D eigenvalue weighted by Crippen LogP contribution is 1.90. The van der Waals surface area contributed by atoms with Crippen molar-refractivity contribution < 1.29 is 19.1 Å². The minimum Gasteiger partial charge on any atom is -0.469 e. The summed E-state index contributed by atoms with van der Waals surface area (Å²) in [5.74, 6) is -1.14. The van der Waals surface area contributed by atoms with Gasteiger partial charge in [-0.25, -0.2) is 0 Å². The Morgan fingerprint density at radius 1 is 1.33 bits per heavy atom. The summed E-state index contributed by atoms with van der Waals surface area (Å²) in [5, 5.41) is 2.51. The van der Waals surface area contributed by atoms with Gasteiger partial charge in [0.1, 0.15) is 0 Å². The molecule has 0 spiro atoms. The van der Waals surface area contributed by atoms with Crippen molar-refractivity contribution in [2.75, 3.05) is 13.7 Å². The van der Waals surface area contributed by atoms with Crippen LogP contribution in [-0.2, 0) is 19.1 Å². The average molecular weight is 215 g/mol. The Morgan fingerprint density at radius 3 is 2.53 bits per heavy atom. The third-order valence-electron chi connectivity index (χ3n) is 1.58. The van der Waals surface area contributed by atoms with E-state index in [0.717, 1.165) is 0 Å². The van der Waals surface area contributed by atoms with Crippen molar-refractivity contribution in [2.45, 2.75) is 19.3 Å². The topological polar surface area (TPSA) is 98.5 Å². The standard InChI is InChI=1S/C9H15N2O4/c1-15-9(14)3-2-6-11-8(13)5-4-7(10)12/h2H,3-6H2,1H3,(H2,10,12)(H,11,13). The van der Waals surface area contributed by atoms with Gasteiger partial charge in [0.2, 0.25) is 11.8 Å². The van der Waals surface area contributed by atoms with Crippen molar-refractivity contribution in [1.82, 2.24) is 5.32 Å². The van der Waals surface area contributed by atoms with Gasteiger partial charge in [-0.2, -0.15) is 0 Å². The summed E-state index contributed by atoms with van der Waals surface area (Å²) < 4.78 is 4.39. The van der Waals surface area contributed by atoms with Crippen LogP contribution in [0.3, 0.4) is 0 Å². The second-order valence-electron chi connectivity index (χ2n) is 2.84. The zero-order valence-electron chi connectivity index (χ0n) is 8.62. The van der Waals surface area contributed by atoms with Gasteiger partial charge in [0, 0.05) is 19.4 Å². The van der Waals surface area contributed by atoms with Gasteiger partial charge in [0.15, 0.2) is 0 Å². The molecule has 6 heteroatoms. The quantitative estimate of drug-likeness (QED) is 0.426. The van der Waals surface area contributed by atoms with E-state index in [4.69, 9.17) is 5.73 Å². The van der Waals surface area contributed by atoms with E-state index in [0.29, 0.717) is 0 Å². The molecule has 0 bridgehead atoms. The fraction of sp³-hybridized carbons (Fsp3) is 0.556. The number of primary amides is 1. The monoisotopic (exact) mass is 215 g/mol. The van der Waals surface area contributed by atoms with Crippen LogP contribution >= 0.6 is 0 Å². The molecule has 3 N–H and O–H groups in total. The van der Waals surface area contributed by atoms with Crippen LogP contribution in [0.15, 0.2) is 0 Å². The average Bonchev–Trinajstić information content (AvgIpc) is 2.21. The molecule has 0 atom stereocenters. The Kier molecular flexibility index (Phi) is 6.96. The summed E-state index contributed by atoms with van der Waals surface area (Å²) in [7, 11) is 1.29. The number of rotatable bonds is 7. The molecule has 0 rings (SSSR count). The maximum atomic E-state index is 11.0. The molecule has 1 radical (unpaired) electrons. The summed E-state index contributed by atoms with van der Waals surface area (Å²) in [6.45, 7) is 0.271. The molecule has 0 saturated carbocycles. The minimum absolute atomic E-state index is 0.0306. The predicted octanol–water partition coefficient (Wildman–Crippen LogP) is -0.865. The number of hydrogen-bond acceptors (Lipinski definition) is 4. The van der Waals surface area contributed by atoms with Gasteiger partial charge >= 0.3 is 5.97 Å². The van der Waals surface area contributed by atoms with Crippen molar-refractivity contribution >= 4 is 17.8 Å². The number of hydrogen-bond donors (Lipinski definition) is 2. The molecule has 0 aliphatic rings. The molecule has 0 heterocycles. The fourth-order valence-electron chi connectivity index (χ4n) is 0.784. The first-order chi connectivity index (χ1) is 7.06. The number of esters is 1. The number of ether oxygens (including phenoxy) is 1. The highest BCUT2D eigenvalue weighted by molar-refractivity contribution is 5.82. The third-order valence-corrected chi connectivity index (χ3v) is 1.58. The first-order valence-corrected chi connectivity index (χ1v) is 4.49. The van der Waals surface area contributed by atoms with E-state index in [9.17, 15) is 14.4 Å². The molecule has 0 fully saturated rings. The maximum absolute atomic E-state index is 11.0. The molecule has 0 unspecified atom stereocenters. The summed E-state index contributed by atoms with van der Waals surface area (Å²) in [6.07, 6.45) is 1.82. The predicted molar refractivity (Wildman–Crippen MR) is 52.4 cm³/mol. The van der Waals surface area contributed by atoms with E-state index >= 15 is 0 Å². The summed E-state index contributed by atoms with van der Waals surface area (Å²) >= 11 is 0. The van der Waals surface area contributed by atoms with Crippen LogP contribution in [0, 0.1) is 6.42 Å². The number of amides is 2. The molecule has 6 nitrogen and oxygen atoms in total. The highest BCUT2D eigenvalue weighted by Gasteiger charge is 2.04. The largest absolute Gasteiger partial charge is 0.469 e. The van der Waals surface area contributed by atoms with Crippen LogP contribution in [0.1, 0.15) is 19.3 Å². The van der Waals surface area contributed by atoms with Crippen molar-refractivity contribution in [3.63, 3.8) is 0 Å². The molecule has 0 aromatic heterocycles. The van der Waals surface area contributed by atoms with Crippen molar-refractivity contribution in [2.24, 2.45) is 5.73 Å². The zero-order valence-corrected chi connectivity index (χ0v) is 8.62. The molecule has 0 aliphatic carbocycles. The molecule has 15 heavy (non-hydrogen) atoms. The third kappa shape index (κ3) is 8.73. The summed E-state index contributed by atoms with van der Waals surface area (Å²) in [5.41, 5.74) is 4.87. The number of nitrogens with one attached hydrogen (secondary N) is 1. The van der Waals surface area contributed by atoms with E-state index in [1.54, 1.807) is 6.42 Å². The van der Waals surface area contributed by atoms with Crippen LogP contribution in [0.5, 0.6) is 0 Å². The van der Waals surface area contributed by atoms with E-state index in [2.05, 4.69) is 10.1 Å². The molecular formula is C9H15N2O4. The lowest BCUT2D eigenvalue weighted by atomic mass is 10.2.